The van der Waals surface area contributed by atoms with Crippen LogP contribution in [0.25, 0.3) is 0 Å². The number of rotatable bonds is 5. The van der Waals surface area contributed by atoms with Crippen molar-refractivity contribution in [1.29, 1.82) is 0 Å². The monoisotopic (exact) mass is 294 g/mol. The van der Waals surface area contributed by atoms with E-state index in [2.05, 4.69) is 5.32 Å². The van der Waals surface area contributed by atoms with Gasteiger partial charge in [0.2, 0.25) is 11.8 Å². The SMILES string of the molecule is CCCNC(=O)CN1C(=O)CSc2ccc(CO)cc21. The van der Waals surface area contributed by atoms with Crippen molar-refractivity contribution >= 4 is 29.3 Å². The molecule has 0 saturated carbocycles. The van der Waals surface area contributed by atoms with Crippen molar-refractivity contribution in [2.45, 2.75) is 24.8 Å². The lowest BCUT2D eigenvalue weighted by Crippen LogP contribution is -2.43. The zero-order valence-corrected chi connectivity index (χ0v) is 12.2. The van der Waals surface area contributed by atoms with E-state index >= 15 is 0 Å². The summed E-state index contributed by atoms with van der Waals surface area (Å²) < 4.78 is 0. The zero-order valence-electron chi connectivity index (χ0n) is 11.4. The van der Waals surface area contributed by atoms with E-state index in [0.29, 0.717) is 18.0 Å². The van der Waals surface area contributed by atoms with Crippen molar-refractivity contribution in [2.75, 3.05) is 23.7 Å². The van der Waals surface area contributed by atoms with Crippen LogP contribution in [0.3, 0.4) is 0 Å². The number of hydrogen-bond donors (Lipinski definition) is 2. The van der Waals surface area contributed by atoms with Gasteiger partial charge in [-0.25, -0.2) is 0 Å². The van der Waals surface area contributed by atoms with Crippen molar-refractivity contribution < 1.29 is 14.7 Å². The molecule has 1 aliphatic heterocycles. The number of thioether (sulfide) groups is 1. The Labute approximate surface area is 122 Å². The third kappa shape index (κ3) is 3.32. The van der Waals surface area contributed by atoms with Crippen LogP contribution in [0, 0.1) is 0 Å². The van der Waals surface area contributed by atoms with Gasteiger partial charge >= 0.3 is 0 Å². The van der Waals surface area contributed by atoms with E-state index < -0.39 is 0 Å². The Kier molecular flexibility index (Phi) is 5.03. The number of benzene rings is 1. The van der Waals surface area contributed by atoms with E-state index in [1.54, 1.807) is 6.07 Å². The highest BCUT2D eigenvalue weighted by Crippen LogP contribution is 2.35. The predicted octanol–water partition coefficient (Wildman–Crippen LogP) is 1.14. The van der Waals surface area contributed by atoms with Gasteiger partial charge in [0, 0.05) is 11.4 Å². The fraction of sp³-hybridized carbons (Fsp3) is 0.429. The van der Waals surface area contributed by atoms with Gasteiger partial charge in [0.15, 0.2) is 0 Å². The highest BCUT2D eigenvalue weighted by Gasteiger charge is 2.26. The normalized spacial score (nSPS) is 14.1. The number of nitrogens with zero attached hydrogens (tertiary/aromatic N) is 1. The number of nitrogens with one attached hydrogen (secondary N) is 1. The van der Waals surface area contributed by atoms with E-state index in [-0.39, 0.29) is 25.0 Å². The molecular weight excluding hydrogens is 276 g/mol. The van der Waals surface area contributed by atoms with Gasteiger partial charge in [-0.15, -0.1) is 11.8 Å². The van der Waals surface area contributed by atoms with Gasteiger partial charge in [0.1, 0.15) is 6.54 Å². The largest absolute Gasteiger partial charge is 0.392 e. The van der Waals surface area contributed by atoms with Gasteiger partial charge in [0.25, 0.3) is 0 Å². The van der Waals surface area contributed by atoms with Crippen molar-refractivity contribution in [3.05, 3.63) is 23.8 Å². The summed E-state index contributed by atoms with van der Waals surface area (Å²) in [6.45, 7) is 2.54. The maximum atomic E-state index is 12.0. The topological polar surface area (TPSA) is 69.6 Å². The Hall–Kier alpha value is -1.53. The minimum Gasteiger partial charge on any atom is -0.392 e. The average molecular weight is 294 g/mol. The van der Waals surface area contributed by atoms with Crippen molar-refractivity contribution in [3.63, 3.8) is 0 Å². The molecule has 1 aromatic rings. The Morgan fingerprint density at radius 3 is 3.00 bits per heavy atom. The Balaban J connectivity index is 2.20. The van der Waals surface area contributed by atoms with Crippen molar-refractivity contribution in [2.24, 2.45) is 0 Å². The number of hydrogen-bond acceptors (Lipinski definition) is 4. The molecule has 1 heterocycles. The zero-order chi connectivity index (χ0) is 14.5. The van der Waals surface area contributed by atoms with E-state index in [9.17, 15) is 14.7 Å². The second-order valence-corrected chi connectivity index (χ2v) is 5.60. The third-order valence-corrected chi connectivity index (χ3v) is 4.07. The smallest absolute Gasteiger partial charge is 0.240 e. The van der Waals surface area contributed by atoms with Crippen LogP contribution >= 0.6 is 11.8 Å². The number of aliphatic hydroxyl groups is 1. The fourth-order valence-electron chi connectivity index (χ4n) is 1.98. The van der Waals surface area contributed by atoms with Crippen molar-refractivity contribution in [1.82, 2.24) is 5.32 Å². The summed E-state index contributed by atoms with van der Waals surface area (Å²) >= 11 is 1.46. The molecule has 2 N–H and O–H groups in total. The van der Waals surface area contributed by atoms with E-state index in [4.69, 9.17) is 0 Å². The lowest BCUT2D eigenvalue weighted by molar-refractivity contribution is -0.122. The molecule has 0 aromatic heterocycles. The quantitative estimate of drug-likeness (QED) is 0.854. The molecule has 5 nitrogen and oxygen atoms in total. The molecule has 108 valence electrons. The first-order valence-electron chi connectivity index (χ1n) is 6.59. The van der Waals surface area contributed by atoms with Crippen LogP contribution in [-0.4, -0.2) is 35.8 Å². The first kappa shape index (κ1) is 14.9. The Bertz CT molecular complexity index is 519. The molecule has 20 heavy (non-hydrogen) atoms. The second-order valence-electron chi connectivity index (χ2n) is 4.58. The van der Waals surface area contributed by atoms with Gasteiger partial charge in [-0.05, 0) is 24.1 Å². The van der Waals surface area contributed by atoms with Gasteiger partial charge < -0.3 is 15.3 Å². The van der Waals surface area contributed by atoms with Crippen LogP contribution in [0.5, 0.6) is 0 Å². The molecule has 0 bridgehead atoms. The molecule has 1 aromatic carbocycles. The molecule has 0 aliphatic carbocycles. The number of aliphatic hydroxyl groups excluding tert-OH is 1. The van der Waals surface area contributed by atoms with Crippen LogP contribution in [0.1, 0.15) is 18.9 Å². The van der Waals surface area contributed by atoms with Crippen LogP contribution in [-0.2, 0) is 16.2 Å². The summed E-state index contributed by atoms with van der Waals surface area (Å²) in [5, 5.41) is 12.0. The second kappa shape index (κ2) is 6.76. The predicted molar refractivity (Wildman–Crippen MR) is 78.7 cm³/mol. The molecule has 1 aliphatic rings. The third-order valence-electron chi connectivity index (χ3n) is 3.02. The van der Waals surface area contributed by atoms with E-state index in [0.717, 1.165) is 16.9 Å². The maximum Gasteiger partial charge on any atom is 0.240 e. The first-order valence-corrected chi connectivity index (χ1v) is 7.58. The molecule has 0 spiro atoms. The maximum absolute atomic E-state index is 12.0. The van der Waals surface area contributed by atoms with Gasteiger partial charge in [-0.3, -0.25) is 9.59 Å². The summed E-state index contributed by atoms with van der Waals surface area (Å²) in [5.41, 5.74) is 1.45. The highest BCUT2D eigenvalue weighted by atomic mass is 32.2. The minimum atomic E-state index is -0.160. The number of fused-ring (bicyclic) bond motifs is 1. The fourth-order valence-corrected chi connectivity index (χ4v) is 2.90. The summed E-state index contributed by atoms with van der Waals surface area (Å²) in [6.07, 6.45) is 0.862. The first-order chi connectivity index (χ1) is 9.65. The molecule has 6 heteroatoms. The van der Waals surface area contributed by atoms with E-state index in [1.165, 1.54) is 16.7 Å². The van der Waals surface area contributed by atoms with Crippen LogP contribution in [0.2, 0.25) is 0 Å². The van der Waals surface area contributed by atoms with Crippen LogP contribution in [0.4, 0.5) is 5.69 Å². The number of carbonyl (C=O) groups excluding carboxylic acids is 2. The molecule has 0 saturated heterocycles. The lowest BCUT2D eigenvalue weighted by atomic mass is 10.2. The molecule has 0 atom stereocenters. The van der Waals surface area contributed by atoms with E-state index in [1.807, 2.05) is 19.1 Å². The number of anilines is 1. The Morgan fingerprint density at radius 1 is 1.50 bits per heavy atom. The summed E-state index contributed by atoms with van der Waals surface area (Å²) in [4.78, 5) is 26.3. The van der Waals surface area contributed by atoms with Gasteiger partial charge in [-0.2, -0.15) is 0 Å². The highest BCUT2D eigenvalue weighted by molar-refractivity contribution is 8.00. The molecule has 2 rings (SSSR count). The van der Waals surface area contributed by atoms with Crippen LogP contribution in [0.15, 0.2) is 23.1 Å². The Morgan fingerprint density at radius 2 is 2.30 bits per heavy atom. The van der Waals surface area contributed by atoms with Gasteiger partial charge in [-0.1, -0.05) is 13.0 Å². The molecule has 0 unspecified atom stereocenters. The molecular formula is C14H18N2O3S. The molecule has 0 radical (unpaired) electrons. The number of carbonyl (C=O) groups is 2. The minimum absolute atomic E-state index is 0.0290. The lowest BCUT2D eigenvalue weighted by Gasteiger charge is -2.28. The summed E-state index contributed by atoms with van der Waals surface area (Å²) in [7, 11) is 0. The average Bonchev–Trinajstić information content (AvgIpc) is 2.47. The van der Waals surface area contributed by atoms with Gasteiger partial charge in [0.05, 0.1) is 18.0 Å². The summed E-state index contributed by atoms with van der Waals surface area (Å²) in [6, 6.07) is 5.48. The standard InChI is InChI=1S/C14H18N2O3S/c1-2-5-15-13(18)7-16-11-6-10(8-17)3-4-12(11)20-9-14(16)19/h3-4,6,17H,2,5,7-9H2,1H3,(H,15,18). The molecule has 0 fully saturated rings. The van der Waals surface area contributed by atoms with Crippen LogP contribution < -0.4 is 10.2 Å². The molecule has 2 amide bonds. The van der Waals surface area contributed by atoms with Crippen molar-refractivity contribution in [3.8, 4) is 0 Å². The summed E-state index contributed by atoms with van der Waals surface area (Å²) in [5.74, 6) is 0.101. The number of amides is 2.